The quantitative estimate of drug-likeness (QED) is 0.360. The highest BCUT2D eigenvalue weighted by Gasteiger charge is 2.32. The van der Waals surface area contributed by atoms with Gasteiger partial charge in [0.15, 0.2) is 17.3 Å². The van der Waals surface area contributed by atoms with Crippen LogP contribution in [0.3, 0.4) is 0 Å². The van der Waals surface area contributed by atoms with Crippen LogP contribution in [0.4, 0.5) is 5.82 Å². The third kappa shape index (κ3) is 4.60. The minimum absolute atomic E-state index is 0.0655. The molecule has 1 unspecified atom stereocenters. The molecule has 4 rings (SSSR count). The van der Waals surface area contributed by atoms with Gasteiger partial charge in [-0.1, -0.05) is 67.0 Å². The maximum absolute atomic E-state index is 6.32. The summed E-state index contributed by atoms with van der Waals surface area (Å²) in [7, 11) is 1.69. The Balaban J connectivity index is 1.57. The number of hydrogen-bond donors (Lipinski definition) is 0. The standard InChI is InChI=1S/C29H34N2O3/c1-7-11-25-17-23(14-15-26(25)24-12-9-8-10-13-24)18-33-27-16-19(2)31(21(4)28(27)32-6)29-20(3)22(5)34-30-29/h8-10,12-17,21H,7,11,18H2,1-6H3. The summed E-state index contributed by atoms with van der Waals surface area (Å²) in [5, 5.41) is 4.28. The van der Waals surface area contributed by atoms with Crippen molar-refractivity contribution in [2.45, 2.75) is 60.1 Å². The first-order valence-corrected chi connectivity index (χ1v) is 11.9. The van der Waals surface area contributed by atoms with Crippen LogP contribution < -0.4 is 4.90 Å². The molecule has 178 valence electrons. The number of ether oxygens (including phenoxy) is 2. The van der Waals surface area contributed by atoms with E-state index in [-0.39, 0.29) is 6.04 Å². The Morgan fingerprint density at radius 1 is 1.06 bits per heavy atom. The molecule has 1 aliphatic rings. The number of aromatic nitrogens is 1. The molecule has 1 atom stereocenters. The molecule has 1 aromatic heterocycles. The molecule has 0 bridgehead atoms. The average Bonchev–Trinajstić information content (AvgIpc) is 3.16. The lowest BCUT2D eigenvalue weighted by molar-refractivity contribution is 0.165. The van der Waals surface area contributed by atoms with Crippen LogP contribution in [0.15, 0.2) is 76.3 Å². The van der Waals surface area contributed by atoms with E-state index < -0.39 is 0 Å². The monoisotopic (exact) mass is 458 g/mol. The van der Waals surface area contributed by atoms with Gasteiger partial charge in [-0.15, -0.1) is 0 Å². The molecule has 3 aromatic rings. The van der Waals surface area contributed by atoms with Crippen molar-refractivity contribution in [1.82, 2.24) is 5.16 Å². The second kappa shape index (κ2) is 10.2. The van der Waals surface area contributed by atoms with Gasteiger partial charge in [0.2, 0.25) is 0 Å². The maximum Gasteiger partial charge on any atom is 0.180 e. The van der Waals surface area contributed by atoms with Crippen LogP contribution in [0.5, 0.6) is 0 Å². The molecular weight excluding hydrogens is 424 g/mol. The van der Waals surface area contributed by atoms with E-state index in [4.69, 9.17) is 14.0 Å². The van der Waals surface area contributed by atoms with Crippen molar-refractivity contribution in [3.63, 3.8) is 0 Å². The van der Waals surface area contributed by atoms with Crippen LogP contribution in [0.1, 0.15) is 49.6 Å². The van der Waals surface area contributed by atoms with Crippen molar-refractivity contribution in [1.29, 1.82) is 0 Å². The molecule has 0 N–H and O–H groups in total. The van der Waals surface area contributed by atoms with Gasteiger partial charge in [-0.25, -0.2) is 0 Å². The number of hydrogen-bond acceptors (Lipinski definition) is 5. The molecule has 34 heavy (non-hydrogen) atoms. The number of methoxy groups -OCH3 is 1. The second-order valence-electron chi connectivity index (χ2n) is 8.85. The van der Waals surface area contributed by atoms with Crippen molar-refractivity contribution >= 4 is 5.82 Å². The second-order valence-corrected chi connectivity index (χ2v) is 8.85. The third-order valence-electron chi connectivity index (χ3n) is 6.48. The molecule has 5 heteroatoms. The lowest BCUT2D eigenvalue weighted by atomic mass is 9.95. The Hall–Kier alpha value is -3.47. The van der Waals surface area contributed by atoms with Gasteiger partial charge < -0.3 is 18.9 Å². The topological polar surface area (TPSA) is 47.7 Å². The van der Waals surface area contributed by atoms with Crippen molar-refractivity contribution in [3.05, 3.63) is 94.3 Å². The van der Waals surface area contributed by atoms with Gasteiger partial charge in [0.25, 0.3) is 0 Å². The highest BCUT2D eigenvalue weighted by atomic mass is 16.5. The SMILES string of the molecule is CCCc1cc(COC2=C(OC)C(C)N(c3noc(C)c3C)C(C)=C2)ccc1-c1ccccc1. The molecule has 5 nitrogen and oxygen atoms in total. The first-order valence-electron chi connectivity index (χ1n) is 11.9. The lowest BCUT2D eigenvalue weighted by Crippen LogP contribution is -2.37. The minimum Gasteiger partial charge on any atom is -0.495 e. The van der Waals surface area contributed by atoms with Gasteiger partial charge in [-0.3, -0.25) is 0 Å². The number of nitrogens with zero attached hydrogens (tertiary/aromatic N) is 2. The normalized spacial score (nSPS) is 16.0. The summed E-state index contributed by atoms with van der Waals surface area (Å²) in [5.41, 5.74) is 7.10. The van der Waals surface area contributed by atoms with E-state index in [1.165, 1.54) is 16.7 Å². The molecule has 2 aromatic carbocycles. The fraction of sp³-hybridized carbons (Fsp3) is 0.345. The molecule has 2 heterocycles. The summed E-state index contributed by atoms with van der Waals surface area (Å²) in [5.74, 6) is 3.17. The van der Waals surface area contributed by atoms with E-state index in [0.29, 0.717) is 6.61 Å². The van der Waals surface area contributed by atoms with E-state index in [1.54, 1.807) is 7.11 Å². The average molecular weight is 459 g/mol. The van der Waals surface area contributed by atoms with Gasteiger partial charge >= 0.3 is 0 Å². The molecule has 0 saturated carbocycles. The fourth-order valence-corrected chi connectivity index (χ4v) is 4.60. The Bertz CT molecular complexity index is 1210. The van der Waals surface area contributed by atoms with Gasteiger partial charge in [0, 0.05) is 17.3 Å². The maximum atomic E-state index is 6.32. The van der Waals surface area contributed by atoms with Gasteiger partial charge in [-0.05, 0) is 56.4 Å². The number of benzene rings is 2. The summed E-state index contributed by atoms with van der Waals surface area (Å²) in [4.78, 5) is 2.13. The van der Waals surface area contributed by atoms with Crippen LogP contribution in [0.25, 0.3) is 11.1 Å². The molecule has 0 saturated heterocycles. The summed E-state index contributed by atoms with van der Waals surface area (Å²) < 4.78 is 17.5. The van der Waals surface area contributed by atoms with E-state index in [0.717, 1.165) is 52.8 Å². The predicted molar refractivity (Wildman–Crippen MR) is 136 cm³/mol. The van der Waals surface area contributed by atoms with Gasteiger partial charge in [0.1, 0.15) is 12.4 Å². The first-order chi connectivity index (χ1) is 16.4. The largest absolute Gasteiger partial charge is 0.495 e. The van der Waals surface area contributed by atoms with E-state index in [2.05, 4.69) is 79.4 Å². The van der Waals surface area contributed by atoms with E-state index in [1.807, 2.05) is 19.9 Å². The van der Waals surface area contributed by atoms with Crippen LogP contribution in [0.2, 0.25) is 0 Å². The summed E-state index contributed by atoms with van der Waals surface area (Å²) in [6.07, 6.45) is 4.15. The number of anilines is 1. The highest BCUT2D eigenvalue weighted by Crippen LogP contribution is 2.35. The van der Waals surface area contributed by atoms with Crippen LogP contribution in [-0.2, 0) is 22.5 Å². The predicted octanol–water partition coefficient (Wildman–Crippen LogP) is 7.10. The Labute approximate surface area is 202 Å². The van der Waals surface area contributed by atoms with Crippen molar-refractivity contribution in [2.24, 2.45) is 0 Å². The smallest absolute Gasteiger partial charge is 0.180 e. The number of allylic oxidation sites excluding steroid dienone is 2. The minimum atomic E-state index is -0.0655. The molecular formula is C29H34N2O3. The van der Waals surface area contributed by atoms with Crippen molar-refractivity contribution in [3.8, 4) is 11.1 Å². The molecule has 0 aliphatic carbocycles. The molecule has 0 fully saturated rings. The summed E-state index contributed by atoms with van der Waals surface area (Å²) in [6.45, 7) is 10.8. The first kappa shape index (κ1) is 23.7. The number of rotatable bonds is 8. The van der Waals surface area contributed by atoms with Crippen molar-refractivity contribution in [2.75, 3.05) is 12.0 Å². The number of aryl methyl sites for hydroxylation is 2. The molecule has 1 aliphatic heterocycles. The third-order valence-corrected chi connectivity index (χ3v) is 6.48. The van der Waals surface area contributed by atoms with E-state index in [9.17, 15) is 0 Å². The van der Waals surface area contributed by atoms with Crippen molar-refractivity contribution < 1.29 is 14.0 Å². The van der Waals surface area contributed by atoms with Gasteiger partial charge in [-0.2, -0.15) is 0 Å². The lowest BCUT2D eigenvalue weighted by Gasteiger charge is -2.35. The zero-order chi connectivity index (χ0) is 24.2. The Morgan fingerprint density at radius 3 is 2.47 bits per heavy atom. The van der Waals surface area contributed by atoms with E-state index >= 15 is 0 Å². The molecule has 0 radical (unpaired) electrons. The summed E-state index contributed by atoms with van der Waals surface area (Å²) in [6, 6.07) is 17.1. The summed E-state index contributed by atoms with van der Waals surface area (Å²) >= 11 is 0. The highest BCUT2D eigenvalue weighted by molar-refractivity contribution is 5.68. The zero-order valence-electron chi connectivity index (χ0n) is 21.0. The fourth-order valence-electron chi connectivity index (χ4n) is 4.60. The van der Waals surface area contributed by atoms with Crippen LogP contribution >= 0.6 is 0 Å². The molecule has 0 spiro atoms. The van der Waals surface area contributed by atoms with Gasteiger partial charge in [0.05, 0.1) is 13.2 Å². The molecule has 0 amide bonds. The van der Waals surface area contributed by atoms with Crippen LogP contribution in [-0.4, -0.2) is 18.3 Å². The Kier molecular flexibility index (Phi) is 7.11. The van der Waals surface area contributed by atoms with Crippen LogP contribution in [0, 0.1) is 13.8 Å². The zero-order valence-corrected chi connectivity index (χ0v) is 21.0. The Morgan fingerprint density at radius 2 is 1.82 bits per heavy atom.